The van der Waals surface area contributed by atoms with Gasteiger partial charge in [0, 0.05) is 0 Å². The summed E-state index contributed by atoms with van der Waals surface area (Å²) in [6.45, 7) is 0. The van der Waals surface area contributed by atoms with Crippen LogP contribution in [-0.4, -0.2) is 39.0 Å². The van der Waals surface area contributed by atoms with Crippen molar-refractivity contribution in [2.24, 2.45) is 3.21 Å². The summed E-state index contributed by atoms with van der Waals surface area (Å²) >= 11 is 1.76. The van der Waals surface area contributed by atoms with E-state index in [2.05, 4.69) is 212 Å². The fourth-order valence-electron chi connectivity index (χ4n) is 6.51. The molecule has 0 fully saturated rings. The van der Waals surface area contributed by atoms with Gasteiger partial charge in [0.2, 0.25) is 0 Å². The molecule has 0 unspecified atom stereocenters. The van der Waals surface area contributed by atoms with Crippen LogP contribution in [0.3, 0.4) is 0 Å². The molecule has 7 aromatic carbocycles. The zero-order valence-electron chi connectivity index (χ0n) is 26.4. The third-order valence-electron chi connectivity index (χ3n) is 8.73. The summed E-state index contributed by atoms with van der Waals surface area (Å²) in [6, 6.07) is 75.6. The molecule has 0 bridgehead atoms. The van der Waals surface area contributed by atoms with Crippen molar-refractivity contribution in [3.8, 4) is 0 Å². The van der Waals surface area contributed by atoms with Gasteiger partial charge in [0.15, 0.2) is 0 Å². The van der Waals surface area contributed by atoms with Crippen molar-refractivity contribution < 1.29 is 0 Å². The first kappa shape index (κ1) is 34.3. The Morgan fingerprint density at radius 2 is 0.583 bits per heavy atom. The Morgan fingerprint density at radius 3 is 0.792 bits per heavy atom. The zero-order valence-corrected chi connectivity index (χ0v) is 34.2. The summed E-state index contributed by atoms with van der Waals surface area (Å²) in [6.07, 6.45) is 0. The molecule has 48 heavy (non-hydrogen) atoms. The Morgan fingerprint density at radius 1 is 0.375 bits per heavy atom. The molecule has 5 heteroatoms. The molecule has 0 N–H and O–H groups in total. The van der Waals surface area contributed by atoms with Gasteiger partial charge in [-0.3, -0.25) is 0 Å². The van der Waals surface area contributed by atoms with Gasteiger partial charge < -0.3 is 0 Å². The minimum atomic E-state index is -4.34. The van der Waals surface area contributed by atoms with Gasteiger partial charge in [0.1, 0.15) is 0 Å². The van der Waals surface area contributed by atoms with Gasteiger partial charge in [0.25, 0.3) is 0 Å². The van der Waals surface area contributed by atoms with E-state index in [1.54, 1.807) is 0 Å². The molecule has 0 aliphatic heterocycles. The second-order valence-corrected chi connectivity index (χ2v) is 43.4. The Balaban J connectivity index is 0.000000168. The molecule has 0 radical (unpaired) electrons. The van der Waals surface area contributed by atoms with Crippen molar-refractivity contribution in [2.45, 2.75) is 0 Å². The van der Waals surface area contributed by atoms with Crippen molar-refractivity contribution in [2.75, 3.05) is 0 Å². The summed E-state index contributed by atoms with van der Waals surface area (Å²) in [4.78, 5) is 0. The maximum absolute atomic E-state index is 5.08. The van der Waals surface area contributed by atoms with E-state index in [4.69, 9.17) is 15.4 Å². The zero-order chi connectivity index (χ0) is 33.2. The van der Waals surface area contributed by atoms with Crippen molar-refractivity contribution in [3.63, 3.8) is 0 Å². The van der Waals surface area contributed by atoms with E-state index in [9.17, 15) is 0 Å². The predicted octanol–water partition coefficient (Wildman–Crippen LogP) is 6.67. The molecule has 0 spiro atoms. The van der Waals surface area contributed by atoms with Crippen LogP contribution >= 0.6 is 24.9 Å². The Bertz CT molecular complexity index is 1820. The molecule has 7 aromatic rings. The monoisotopic (exact) mass is 917 g/mol. The van der Waals surface area contributed by atoms with Crippen LogP contribution < -0.4 is 24.8 Å². The van der Waals surface area contributed by atoms with Gasteiger partial charge in [-0.25, -0.2) is 0 Å². The molecular weight excluding hydrogens is 883 g/mol. The van der Waals surface area contributed by atoms with E-state index in [1.165, 1.54) is 24.8 Å². The average Bonchev–Trinajstić information content (AvgIpc) is 3.18. The van der Waals surface area contributed by atoms with E-state index in [0.717, 1.165) is 0 Å². The van der Waals surface area contributed by atoms with Crippen LogP contribution in [0.4, 0.5) is 0 Å². The SMILES string of the molecule is S=C=[N][Sn-]([Br])([c]1ccccc1)([c]1ccccc1)[c]1ccccc1.c1cc[c]([Sb+]([c]2ccccc2)([c]2ccccc2)[c]2ccccc2)cc1. The third-order valence-corrected chi connectivity index (χ3v) is 45.3. The topological polar surface area (TPSA) is 12.4 Å². The molecule has 0 amide bonds. The molecule has 0 atom stereocenters. The van der Waals surface area contributed by atoms with E-state index >= 15 is 0 Å². The number of thiocarbonyl (C=S) groups is 1. The second kappa shape index (κ2) is 15.8. The molecule has 0 aromatic heterocycles. The van der Waals surface area contributed by atoms with Crippen molar-refractivity contribution in [3.05, 3.63) is 212 Å². The molecule has 0 aliphatic carbocycles. The van der Waals surface area contributed by atoms with Crippen LogP contribution in [0.25, 0.3) is 0 Å². The van der Waals surface area contributed by atoms with Gasteiger partial charge in [-0.05, 0) is 0 Å². The fraction of sp³-hybridized carbons (Fsp3) is 0. The fourth-order valence-corrected chi connectivity index (χ4v) is 37.9. The molecular formula is C43H35BrNSSbSn. The Labute approximate surface area is 301 Å². The molecule has 1 nitrogen and oxygen atoms in total. The summed E-state index contributed by atoms with van der Waals surface area (Å²) in [7, 11) is 0. The van der Waals surface area contributed by atoms with Crippen LogP contribution in [0.5, 0.6) is 0 Å². The van der Waals surface area contributed by atoms with Crippen LogP contribution in [0.2, 0.25) is 0 Å². The minimum absolute atomic E-state index is 1.18. The normalized spacial score (nSPS) is 11.9. The van der Waals surface area contributed by atoms with Crippen LogP contribution in [0.15, 0.2) is 216 Å². The van der Waals surface area contributed by atoms with E-state index in [0.29, 0.717) is 0 Å². The van der Waals surface area contributed by atoms with Crippen molar-refractivity contribution >= 4 is 88.7 Å². The molecule has 0 saturated carbocycles. The average molecular weight is 918 g/mol. The summed E-state index contributed by atoms with van der Waals surface area (Å²) in [5, 5.41) is 2.70. The van der Waals surface area contributed by atoms with Gasteiger partial charge in [-0.15, -0.1) is 0 Å². The molecule has 0 aliphatic rings. The summed E-state index contributed by atoms with van der Waals surface area (Å²) in [5.41, 5.74) is 0. The summed E-state index contributed by atoms with van der Waals surface area (Å²) in [5.74, 6) is 0. The second-order valence-electron chi connectivity index (χ2n) is 11.4. The number of hydrogen-bond acceptors (Lipinski definition) is 2. The molecule has 234 valence electrons. The van der Waals surface area contributed by atoms with Crippen molar-refractivity contribution in [1.29, 1.82) is 0 Å². The number of benzene rings is 7. The van der Waals surface area contributed by atoms with E-state index in [1.807, 2.05) is 18.2 Å². The number of rotatable bonds is 8. The number of hydrogen-bond donors (Lipinski definition) is 0. The third kappa shape index (κ3) is 6.55. The Kier molecular flexibility index (Phi) is 11.3. The number of halogens is 1. The van der Waals surface area contributed by atoms with Crippen LogP contribution in [0.1, 0.15) is 0 Å². The Hall–Kier alpha value is -3.56. The van der Waals surface area contributed by atoms with Gasteiger partial charge >= 0.3 is 304 Å². The summed E-state index contributed by atoms with van der Waals surface area (Å²) < 4.78 is 14.3. The van der Waals surface area contributed by atoms with Crippen LogP contribution in [-0.2, 0) is 0 Å². The molecule has 0 heterocycles. The quantitative estimate of drug-likeness (QED) is 0.0945. The number of isothiocyanates is 1. The van der Waals surface area contributed by atoms with Gasteiger partial charge in [-0.2, -0.15) is 0 Å². The first-order valence-electron chi connectivity index (χ1n) is 15.9. The van der Waals surface area contributed by atoms with Crippen LogP contribution in [0, 0.1) is 0 Å². The van der Waals surface area contributed by atoms with Crippen molar-refractivity contribution in [1.82, 2.24) is 0 Å². The maximum atomic E-state index is 5.08. The first-order valence-corrected chi connectivity index (χ1v) is 33.3. The van der Waals surface area contributed by atoms with Gasteiger partial charge in [-0.1, -0.05) is 0 Å². The number of nitrogens with zero attached hydrogens (tertiary/aromatic N) is 1. The predicted molar refractivity (Wildman–Crippen MR) is 218 cm³/mol. The van der Waals surface area contributed by atoms with Gasteiger partial charge in [0.05, 0.1) is 0 Å². The van der Waals surface area contributed by atoms with E-state index < -0.39 is 33.9 Å². The van der Waals surface area contributed by atoms with E-state index in [-0.39, 0.29) is 0 Å². The standard InChI is InChI=1S/7C6H5.CNS.BrH.Sb.Sn/c7*1-2-4-6-5-3-1;2-1-3;;;/h7*1-5H;;1H;;/q;;;;;;;-1;;2*+1/p-1. The molecule has 7 rings (SSSR count). The first-order chi connectivity index (χ1) is 23.6. The molecule has 0 saturated heterocycles.